The summed E-state index contributed by atoms with van der Waals surface area (Å²) in [6.07, 6.45) is 3.67. The minimum absolute atomic E-state index is 0.0179. The molecule has 1 aromatic carbocycles. The quantitative estimate of drug-likeness (QED) is 0.780. The van der Waals surface area contributed by atoms with Crippen LogP contribution in [0.2, 0.25) is 0 Å². The lowest BCUT2D eigenvalue weighted by molar-refractivity contribution is -0.139. The second-order valence-electron chi connectivity index (χ2n) is 6.79. The molecule has 24 heavy (non-hydrogen) atoms. The number of hydrogen-bond donors (Lipinski definition) is 0. The number of nitrogens with zero attached hydrogens (tertiary/aromatic N) is 2. The minimum atomic E-state index is -0.0398. The highest BCUT2D eigenvalue weighted by Gasteiger charge is 2.29. The number of aryl methyl sites for hydroxylation is 1. The Morgan fingerprint density at radius 2 is 1.88 bits per heavy atom. The van der Waals surface area contributed by atoms with Crippen LogP contribution in [0.1, 0.15) is 30.9 Å². The Kier molecular flexibility index (Phi) is 6.18. The van der Waals surface area contributed by atoms with E-state index in [1.807, 2.05) is 11.9 Å². The largest absolute Gasteiger partial charge is 0.342 e. The summed E-state index contributed by atoms with van der Waals surface area (Å²) < 4.78 is 0. The van der Waals surface area contributed by atoms with Gasteiger partial charge in [0.1, 0.15) is 0 Å². The molecule has 1 atom stereocenters. The molecule has 2 rings (SSSR count). The molecule has 4 heteroatoms. The summed E-state index contributed by atoms with van der Waals surface area (Å²) in [5.74, 6) is 0.173. The first-order valence-corrected chi connectivity index (χ1v) is 8.66. The van der Waals surface area contributed by atoms with Gasteiger partial charge in [-0.3, -0.25) is 9.59 Å². The molecule has 1 aliphatic rings. The van der Waals surface area contributed by atoms with Crippen LogP contribution >= 0.6 is 0 Å². The third kappa shape index (κ3) is 4.47. The van der Waals surface area contributed by atoms with Gasteiger partial charge in [-0.1, -0.05) is 36.4 Å². The summed E-state index contributed by atoms with van der Waals surface area (Å²) in [4.78, 5) is 28.0. The maximum atomic E-state index is 12.7. The summed E-state index contributed by atoms with van der Waals surface area (Å²) in [6.45, 7) is 8.97. The van der Waals surface area contributed by atoms with Crippen LogP contribution in [0, 0.1) is 12.8 Å². The van der Waals surface area contributed by atoms with Crippen molar-refractivity contribution in [3.8, 4) is 0 Å². The van der Waals surface area contributed by atoms with Crippen molar-refractivity contribution < 1.29 is 9.59 Å². The fraction of sp³-hybridized carbons (Fsp3) is 0.500. The van der Waals surface area contributed by atoms with Crippen LogP contribution in [0.15, 0.2) is 36.9 Å². The highest BCUT2D eigenvalue weighted by molar-refractivity contribution is 5.87. The van der Waals surface area contributed by atoms with Crippen LogP contribution in [0.5, 0.6) is 0 Å². The van der Waals surface area contributed by atoms with Gasteiger partial charge in [0.05, 0.1) is 0 Å². The number of carbonyl (C=O) groups excluding carboxylic acids is 2. The molecule has 0 N–H and O–H groups in total. The van der Waals surface area contributed by atoms with Crippen molar-refractivity contribution in [3.63, 3.8) is 0 Å². The van der Waals surface area contributed by atoms with Gasteiger partial charge in [-0.25, -0.2) is 0 Å². The first kappa shape index (κ1) is 18.2. The summed E-state index contributed by atoms with van der Waals surface area (Å²) >= 11 is 0. The molecule has 0 aromatic heterocycles. The third-order valence-corrected chi connectivity index (χ3v) is 4.99. The van der Waals surface area contributed by atoms with Gasteiger partial charge in [0, 0.05) is 32.1 Å². The number of amides is 2. The van der Waals surface area contributed by atoms with Gasteiger partial charge in [-0.15, -0.1) is 0 Å². The number of benzene rings is 1. The molecule has 0 aliphatic carbocycles. The molecule has 130 valence electrons. The van der Waals surface area contributed by atoms with Gasteiger partial charge < -0.3 is 9.80 Å². The van der Waals surface area contributed by atoms with Crippen molar-refractivity contribution in [1.29, 1.82) is 0 Å². The Morgan fingerprint density at radius 1 is 1.29 bits per heavy atom. The van der Waals surface area contributed by atoms with Crippen molar-refractivity contribution in [3.05, 3.63) is 48.0 Å². The van der Waals surface area contributed by atoms with Crippen molar-refractivity contribution in [1.82, 2.24) is 9.80 Å². The zero-order valence-corrected chi connectivity index (χ0v) is 15.0. The minimum Gasteiger partial charge on any atom is -0.342 e. The molecule has 1 aromatic rings. The third-order valence-electron chi connectivity index (χ3n) is 4.99. The topological polar surface area (TPSA) is 40.6 Å². The van der Waals surface area contributed by atoms with E-state index in [0.29, 0.717) is 13.1 Å². The highest BCUT2D eigenvalue weighted by Crippen LogP contribution is 2.21. The molecule has 4 nitrogen and oxygen atoms in total. The average molecular weight is 328 g/mol. The van der Waals surface area contributed by atoms with Crippen LogP contribution in [-0.2, 0) is 16.0 Å². The van der Waals surface area contributed by atoms with Crippen LogP contribution in [0.3, 0.4) is 0 Å². The van der Waals surface area contributed by atoms with Crippen LogP contribution in [0.4, 0.5) is 0 Å². The summed E-state index contributed by atoms with van der Waals surface area (Å²) in [5, 5.41) is 0. The second kappa shape index (κ2) is 8.13. The molecular weight excluding hydrogens is 300 g/mol. The molecule has 0 bridgehead atoms. The lowest BCUT2D eigenvalue weighted by Gasteiger charge is -2.34. The molecule has 1 unspecified atom stereocenters. The van der Waals surface area contributed by atoms with Gasteiger partial charge in [-0.2, -0.15) is 0 Å². The number of likely N-dealkylation sites (N-methyl/N-ethyl adjacent to an activating group) is 1. The van der Waals surface area contributed by atoms with Crippen LogP contribution < -0.4 is 0 Å². The summed E-state index contributed by atoms with van der Waals surface area (Å²) in [7, 11) is 1.89. The lowest BCUT2D eigenvalue weighted by atomic mass is 9.94. The summed E-state index contributed by atoms with van der Waals surface area (Å²) in [6, 6.07) is 8.63. The van der Waals surface area contributed by atoms with Gasteiger partial charge in [0.2, 0.25) is 11.8 Å². The Labute approximate surface area is 145 Å². The molecule has 0 radical (unpaired) electrons. The normalized spacial score (nSPS) is 16.5. The lowest BCUT2D eigenvalue weighted by Crippen LogP contribution is -2.45. The predicted octanol–water partition coefficient (Wildman–Crippen LogP) is 2.81. The number of carbonyl (C=O) groups is 2. The van der Waals surface area contributed by atoms with E-state index in [1.54, 1.807) is 4.90 Å². The van der Waals surface area contributed by atoms with E-state index in [0.717, 1.165) is 19.3 Å². The highest BCUT2D eigenvalue weighted by atomic mass is 16.2. The smallest absolute Gasteiger partial charge is 0.245 e. The molecule has 0 saturated carbocycles. The van der Waals surface area contributed by atoms with E-state index in [4.69, 9.17) is 0 Å². The predicted molar refractivity (Wildman–Crippen MR) is 96.6 cm³/mol. The van der Waals surface area contributed by atoms with Crippen LogP contribution in [0.25, 0.3) is 0 Å². The monoisotopic (exact) mass is 328 g/mol. The number of rotatable bonds is 5. The maximum Gasteiger partial charge on any atom is 0.245 e. The zero-order valence-electron chi connectivity index (χ0n) is 15.0. The Morgan fingerprint density at radius 3 is 2.42 bits per heavy atom. The Hall–Kier alpha value is -2.10. The number of hydrogen-bond acceptors (Lipinski definition) is 2. The maximum absolute atomic E-state index is 12.7. The molecule has 0 spiro atoms. The van der Waals surface area contributed by atoms with E-state index in [1.165, 1.54) is 17.2 Å². The molecule has 1 fully saturated rings. The SMILES string of the molecule is C=CC(=O)N1CCC(C(=O)N(C)C(C)Cc2ccc(C)cc2)CC1. The average Bonchev–Trinajstić information content (AvgIpc) is 2.61. The molecular formula is C20H28N2O2. The summed E-state index contributed by atoms with van der Waals surface area (Å²) in [5.41, 5.74) is 2.50. The number of likely N-dealkylation sites (tertiary alicyclic amines) is 1. The van der Waals surface area contributed by atoms with Gasteiger partial charge >= 0.3 is 0 Å². The fourth-order valence-electron chi connectivity index (χ4n) is 3.18. The van der Waals surface area contributed by atoms with E-state index in [-0.39, 0.29) is 23.8 Å². The van der Waals surface area contributed by atoms with E-state index in [2.05, 4.69) is 44.7 Å². The van der Waals surface area contributed by atoms with Crippen molar-refractivity contribution in [2.24, 2.45) is 5.92 Å². The molecule has 2 amide bonds. The standard InChI is InChI=1S/C20H28N2O2/c1-5-19(23)22-12-10-18(11-13-22)20(24)21(4)16(3)14-17-8-6-15(2)7-9-17/h5-9,16,18H,1,10-14H2,2-4H3. The van der Waals surface area contributed by atoms with E-state index in [9.17, 15) is 9.59 Å². The Balaban J connectivity index is 1.88. The first-order valence-electron chi connectivity index (χ1n) is 8.66. The van der Waals surface area contributed by atoms with Gasteiger partial charge in [0.25, 0.3) is 0 Å². The van der Waals surface area contributed by atoms with Crippen molar-refractivity contribution >= 4 is 11.8 Å². The van der Waals surface area contributed by atoms with Gasteiger partial charge in [0.15, 0.2) is 0 Å². The van der Waals surface area contributed by atoms with Crippen LogP contribution in [-0.4, -0.2) is 47.8 Å². The fourth-order valence-corrected chi connectivity index (χ4v) is 3.18. The number of piperidine rings is 1. The van der Waals surface area contributed by atoms with E-state index >= 15 is 0 Å². The zero-order chi connectivity index (χ0) is 17.7. The van der Waals surface area contributed by atoms with Gasteiger partial charge in [-0.05, 0) is 44.7 Å². The molecule has 1 saturated heterocycles. The molecule has 1 aliphatic heterocycles. The molecule has 1 heterocycles. The first-order chi connectivity index (χ1) is 11.4. The van der Waals surface area contributed by atoms with E-state index < -0.39 is 0 Å². The Bertz CT molecular complexity index is 586. The van der Waals surface area contributed by atoms with Crippen molar-refractivity contribution in [2.75, 3.05) is 20.1 Å². The van der Waals surface area contributed by atoms with Crippen molar-refractivity contribution in [2.45, 2.75) is 39.2 Å². The second-order valence-corrected chi connectivity index (χ2v) is 6.79.